The summed E-state index contributed by atoms with van der Waals surface area (Å²) < 4.78 is 5.48. The van der Waals surface area contributed by atoms with Gasteiger partial charge in [-0.15, -0.1) is 0 Å². The van der Waals surface area contributed by atoms with Crippen LogP contribution in [0.15, 0.2) is 42.5 Å². The molecule has 0 saturated heterocycles. The first-order valence-corrected chi connectivity index (χ1v) is 6.34. The lowest BCUT2D eigenvalue weighted by molar-refractivity contribution is -0.141. The molecule has 1 aliphatic carbocycles. The first kappa shape index (κ1) is 12.9. The number of benzene rings is 1. The van der Waals surface area contributed by atoms with E-state index in [2.05, 4.69) is 19.9 Å². The molecule has 2 rings (SSSR count). The number of allylic oxidation sites excluding steroid dienone is 2. The van der Waals surface area contributed by atoms with E-state index in [0.29, 0.717) is 5.75 Å². The Bertz CT molecular complexity index is 473. The summed E-state index contributed by atoms with van der Waals surface area (Å²) in [5.41, 5.74) is -0.458. The van der Waals surface area contributed by atoms with Crippen LogP contribution in [0.5, 0.6) is 5.75 Å². The molecule has 1 aliphatic rings. The van der Waals surface area contributed by atoms with Gasteiger partial charge in [-0.3, -0.25) is 4.79 Å². The molecule has 0 bridgehead atoms. The molecule has 2 atom stereocenters. The van der Waals surface area contributed by atoms with Crippen molar-refractivity contribution in [3.8, 4) is 5.75 Å². The fourth-order valence-electron chi connectivity index (χ4n) is 2.74. The molecule has 0 heterocycles. The fraction of sp³-hybridized carbons (Fsp3) is 0.438. The van der Waals surface area contributed by atoms with E-state index in [4.69, 9.17) is 4.74 Å². The van der Waals surface area contributed by atoms with Gasteiger partial charge in [-0.05, 0) is 37.3 Å². The molecule has 1 fully saturated rings. The Hall–Kier alpha value is -1.57. The van der Waals surface area contributed by atoms with Crippen LogP contribution in [0.4, 0.5) is 0 Å². The zero-order valence-electron chi connectivity index (χ0n) is 11.4. The van der Waals surface area contributed by atoms with Crippen molar-refractivity contribution in [2.24, 2.45) is 16.7 Å². The van der Waals surface area contributed by atoms with Crippen LogP contribution >= 0.6 is 0 Å². The summed E-state index contributed by atoms with van der Waals surface area (Å²) in [6, 6.07) is 9.25. The molecule has 0 aliphatic heterocycles. The van der Waals surface area contributed by atoms with Crippen molar-refractivity contribution in [3.05, 3.63) is 42.5 Å². The average Bonchev–Trinajstić information content (AvgIpc) is 2.78. The molecule has 2 nitrogen and oxygen atoms in total. The van der Waals surface area contributed by atoms with Crippen molar-refractivity contribution in [3.63, 3.8) is 0 Å². The van der Waals surface area contributed by atoms with Gasteiger partial charge in [0.25, 0.3) is 0 Å². The SMILES string of the molecule is CC=CC1C(C)(C)C1(C)C(=O)Oc1ccccc1. The summed E-state index contributed by atoms with van der Waals surface area (Å²) in [6.07, 6.45) is 4.11. The molecule has 0 aromatic heterocycles. The normalized spacial score (nSPS) is 29.2. The molecular formula is C16H20O2. The lowest BCUT2D eigenvalue weighted by Crippen LogP contribution is -2.24. The van der Waals surface area contributed by atoms with Crippen LogP contribution in [0.1, 0.15) is 27.7 Å². The molecule has 96 valence electrons. The molecule has 18 heavy (non-hydrogen) atoms. The van der Waals surface area contributed by atoms with E-state index in [1.54, 1.807) is 12.1 Å². The van der Waals surface area contributed by atoms with E-state index < -0.39 is 5.41 Å². The molecule has 0 spiro atoms. The molecular weight excluding hydrogens is 224 g/mol. The average molecular weight is 244 g/mol. The fourth-order valence-corrected chi connectivity index (χ4v) is 2.74. The summed E-state index contributed by atoms with van der Waals surface area (Å²) >= 11 is 0. The maximum atomic E-state index is 12.3. The summed E-state index contributed by atoms with van der Waals surface area (Å²) in [5, 5.41) is 0. The third kappa shape index (κ3) is 1.76. The maximum Gasteiger partial charge on any atom is 0.318 e. The van der Waals surface area contributed by atoms with Gasteiger partial charge < -0.3 is 4.74 Å². The quantitative estimate of drug-likeness (QED) is 0.459. The van der Waals surface area contributed by atoms with Crippen molar-refractivity contribution in [2.45, 2.75) is 27.7 Å². The van der Waals surface area contributed by atoms with Crippen LogP contribution in [0.2, 0.25) is 0 Å². The standard InChI is InChI=1S/C16H20O2/c1-5-9-13-15(2,3)16(13,4)14(17)18-12-10-7-6-8-11-12/h5-11,13H,1-4H3. The van der Waals surface area contributed by atoms with Gasteiger partial charge in [0.2, 0.25) is 0 Å². The predicted octanol–water partition coefficient (Wildman–Crippen LogP) is 3.83. The first-order chi connectivity index (χ1) is 8.44. The van der Waals surface area contributed by atoms with E-state index >= 15 is 0 Å². The molecule has 2 unspecified atom stereocenters. The van der Waals surface area contributed by atoms with Gasteiger partial charge in [-0.2, -0.15) is 0 Å². The molecule has 1 aromatic carbocycles. The Morgan fingerprint density at radius 3 is 2.39 bits per heavy atom. The van der Waals surface area contributed by atoms with Crippen LogP contribution in [0, 0.1) is 16.7 Å². The van der Waals surface area contributed by atoms with Crippen LogP contribution in [-0.2, 0) is 4.79 Å². The van der Waals surface area contributed by atoms with Crippen molar-refractivity contribution in [1.29, 1.82) is 0 Å². The second kappa shape index (κ2) is 4.27. The minimum absolute atomic E-state index is 0.0363. The number of para-hydroxylation sites is 1. The molecule has 0 radical (unpaired) electrons. The van der Waals surface area contributed by atoms with Gasteiger partial charge in [0.05, 0.1) is 5.41 Å². The van der Waals surface area contributed by atoms with Crippen molar-refractivity contribution < 1.29 is 9.53 Å². The Balaban J connectivity index is 2.15. The Labute approximate surface area is 109 Å². The Morgan fingerprint density at radius 1 is 1.22 bits per heavy atom. The highest BCUT2D eigenvalue weighted by Gasteiger charge is 2.72. The minimum atomic E-state index is -0.421. The highest BCUT2D eigenvalue weighted by molar-refractivity contribution is 5.84. The van der Waals surface area contributed by atoms with Gasteiger partial charge in [0, 0.05) is 0 Å². The number of hydrogen-bond acceptors (Lipinski definition) is 2. The number of hydrogen-bond donors (Lipinski definition) is 0. The highest BCUT2D eigenvalue weighted by atomic mass is 16.5. The van der Waals surface area contributed by atoms with E-state index in [0.717, 1.165) is 0 Å². The third-order valence-electron chi connectivity index (χ3n) is 4.42. The van der Waals surface area contributed by atoms with Crippen molar-refractivity contribution in [2.75, 3.05) is 0 Å². The predicted molar refractivity (Wildman–Crippen MR) is 72.3 cm³/mol. The van der Waals surface area contributed by atoms with Gasteiger partial charge >= 0.3 is 5.97 Å². The van der Waals surface area contributed by atoms with Gasteiger partial charge in [-0.25, -0.2) is 0 Å². The number of esters is 1. The van der Waals surface area contributed by atoms with Crippen molar-refractivity contribution in [1.82, 2.24) is 0 Å². The zero-order chi connectivity index (χ0) is 13.4. The summed E-state index contributed by atoms with van der Waals surface area (Å²) in [5.74, 6) is 0.735. The smallest absolute Gasteiger partial charge is 0.318 e. The largest absolute Gasteiger partial charge is 0.426 e. The summed E-state index contributed by atoms with van der Waals surface area (Å²) in [7, 11) is 0. The van der Waals surface area contributed by atoms with Crippen LogP contribution in [0.25, 0.3) is 0 Å². The number of carbonyl (C=O) groups is 1. The van der Waals surface area contributed by atoms with E-state index in [1.165, 1.54) is 0 Å². The topological polar surface area (TPSA) is 26.3 Å². The molecule has 0 N–H and O–H groups in total. The lowest BCUT2D eigenvalue weighted by atomic mass is 9.98. The van der Waals surface area contributed by atoms with Crippen LogP contribution in [0.3, 0.4) is 0 Å². The molecule has 1 saturated carbocycles. The number of ether oxygens (including phenoxy) is 1. The third-order valence-corrected chi connectivity index (χ3v) is 4.42. The van der Waals surface area contributed by atoms with Gasteiger partial charge in [0.15, 0.2) is 0 Å². The monoisotopic (exact) mass is 244 g/mol. The molecule has 0 amide bonds. The molecule has 2 heteroatoms. The van der Waals surface area contributed by atoms with Crippen LogP contribution in [-0.4, -0.2) is 5.97 Å². The van der Waals surface area contributed by atoms with Gasteiger partial charge in [0.1, 0.15) is 5.75 Å². The maximum absolute atomic E-state index is 12.3. The van der Waals surface area contributed by atoms with E-state index in [-0.39, 0.29) is 17.3 Å². The van der Waals surface area contributed by atoms with E-state index in [1.807, 2.05) is 38.1 Å². The first-order valence-electron chi connectivity index (χ1n) is 6.34. The Morgan fingerprint density at radius 2 is 1.83 bits per heavy atom. The number of carbonyl (C=O) groups excluding carboxylic acids is 1. The number of rotatable bonds is 3. The lowest BCUT2D eigenvalue weighted by Gasteiger charge is -2.13. The second-order valence-corrected chi connectivity index (χ2v) is 5.63. The zero-order valence-corrected chi connectivity index (χ0v) is 11.4. The molecule has 1 aromatic rings. The van der Waals surface area contributed by atoms with Crippen LogP contribution < -0.4 is 4.74 Å². The highest BCUT2D eigenvalue weighted by Crippen LogP contribution is 2.69. The minimum Gasteiger partial charge on any atom is -0.426 e. The Kier molecular flexibility index (Phi) is 3.05. The summed E-state index contributed by atoms with van der Waals surface area (Å²) in [6.45, 7) is 8.20. The van der Waals surface area contributed by atoms with Crippen molar-refractivity contribution >= 4 is 5.97 Å². The van der Waals surface area contributed by atoms with E-state index in [9.17, 15) is 4.79 Å². The van der Waals surface area contributed by atoms with Gasteiger partial charge in [-0.1, -0.05) is 44.2 Å². The summed E-state index contributed by atoms with van der Waals surface area (Å²) in [4.78, 5) is 12.3. The second-order valence-electron chi connectivity index (χ2n) is 5.63.